The number of aromatic carboxylic acids is 1. The standard InChI is InChI=1S/C14H20N2O2/c1-11-12(14(17)18)7-8-13(15-11)16-9-5-3-2-4-6-10-16/h7-8H,2-6,9-10H2,1H3,(H,17,18). The van der Waals surface area contributed by atoms with E-state index in [0.717, 1.165) is 18.9 Å². The Balaban J connectivity index is 2.16. The molecule has 1 fully saturated rings. The van der Waals surface area contributed by atoms with E-state index in [9.17, 15) is 4.79 Å². The van der Waals surface area contributed by atoms with E-state index in [4.69, 9.17) is 5.11 Å². The molecule has 2 rings (SSSR count). The van der Waals surface area contributed by atoms with Gasteiger partial charge in [-0.2, -0.15) is 0 Å². The van der Waals surface area contributed by atoms with E-state index in [1.807, 2.05) is 6.07 Å². The first-order valence-electron chi connectivity index (χ1n) is 6.64. The van der Waals surface area contributed by atoms with Gasteiger partial charge in [0.2, 0.25) is 0 Å². The molecule has 0 aliphatic carbocycles. The van der Waals surface area contributed by atoms with Gasteiger partial charge in [0.15, 0.2) is 0 Å². The summed E-state index contributed by atoms with van der Waals surface area (Å²) in [6.45, 7) is 3.81. The third-order valence-electron chi connectivity index (χ3n) is 3.48. The molecule has 2 heterocycles. The number of hydrogen-bond acceptors (Lipinski definition) is 3. The molecule has 0 atom stereocenters. The van der Waals surface area contributed by atoms with Crippen molar-refractivity contribution in [3.8, 4) is 0 Å². The van der Waals surface area contributed by atoms with Crippen molar-refractivity contribution >= 4 is 11.8 Å². The molecule has 4 heteroatoms. The summed E-state index contributed by atoms with van der Waals surface area (Å²) in [6, 6.07) is 3.50. The van der Waals surface area contributed by atoms with Crippen LogP contribution in [-0.2, 0) is 0 Å². The zero-order valence-corrected chi connectivity index (χ0v) is 10.9. The first kappa shape index (κ1) is 12.9. The number of aromatic nitrogens is 1. The lowest BCUT2D eigenvalue weighted by atomic mass is 10.1. The van der Waals surface area contributed by atoms with Crippen molar-refractivity contribution in [1.82, 2.24) is 4.98 Å². The maximum atomic E-state index is 11.0. The molecule has 0 aromatic carbocycles. The normalized spacial score (nSPS) is 17.1. The number of carbonyl (C=O) groups is 1. The van der Waals surface area contributed by atoms with Gasteiger partial charge in [0, 0.05) is 13.1 Å². The molecule has 0 amide bonds. The topological polar surface area (TPSA) is 53.4 Å². The molecule has 1 aliphatic heterocycles. The predicted octanol–water partition coefficient (Wildman–Crippen LogP) is 2.86. The van der Waals surface area contributed by atoms with Crippen LogP contribution in [0, 0.1) is 6.92 Å². The second kappa shape index (κ2) is 5.85. The molecule has 1 aromatic heterocycles. The maximum absolute atomic E-state index is 11.0. The lowest BCUT2D eigenvalue weighted by molar-refractivity contribution is 0.0695. The largest absolute Gasteiger partial charge is 0.478 e. The SMILES string of the molecule is Cc1nc(N2CCCCCCC2)ccc1C(=O)O. The molecule has 1 N–H and O–H groups in total. The lowest BCUT2D eigenvalue weighted by Crippen LogP contribution is -2.28. The van der Waals surface area contributed by atoms with Gasteiger partial charge in [-0.15, -0.1) is 0 Å². The van der Waals surface area contributed by atoms with Crippen molar-refractivity contribution in [2.45, 2.75) is 39.0 Å². The minimum atomic E-state index is -0.904. The summed E-state index contributed by atoms with van der Waals surface area (Å²) in [5, 5.41) is 9.00. The molecular formula is C14H20N2O2. The smallest absolute Gasteiger partial charge is 0.337 e. The van der Waals surface area contributed by atoms with Gasteiger partial charge in [-0.3, -0.25) is 0 Å². The zero-order valence-electron chi connectivity index (χ0n) is 10.9. The van der Waals surface area contributed by atoms with Crippen LogP contribution >= 0.6 is 0 Å². The Hall–Kier alpha value is -1.58. The van der Waals surface area contributed by atoms with Crippen LogP contribution in [0.2, 0.25) is 0 Å². The molecule has 0 bridgehead atoms. The van der Waals surface area contributed by atoms with E-state index < -0.39 is 5.97 Å². The summed E-state index contributed by atoms with van der Waals surface area (Å²) in [5.74, 6) is 0.0126. The van der Waals surface area contributed by atoms with E-state index in [2.05, 4.69) is 9.88 Å². The highest BCUT2D eigenvalue weighted by atomic mass is 16.4. The first-order valence-corrected chi connectivity index (χ1v) is 6.64. The number of rotatable bonds is 2. The fourth-order valence-electron chi connectivity index (χ4n) is 2.43. The predicted molar refractivity (Wildman–Crippen MR) is 71.2 cm³/mol. The van der Waals surface area contributed by atoms with Gasteiger partial charge in [-0.1, -0.05) is 19.3 Å². The van der Waals surface area contributed by atoms with Crippen molar-refractivity contribution < 1.29 is 9.90 Å². The lowest BCUT2D eigenvalue weighted by Gasteiger charge is -2.26. The van der Waals surface area contributed by atoms with Gasteiger partial charge in [-0.25, -0.2) is 9.78 Å². The van der Waals surface area contributed by atoms with E-state index in [1.54, 1.807) is 13.0 Å². The van der Waals surface area contributed by atoms with Crippen LogP contribution in [0.4, 0.5) is 5.82 Å². The van der Waals surface area contributed by atoms with Gasteiger partial charge >= 0.3 is 5.97 Å². The molecule has 4 nitrogen and oxygen atoms in total. The van der Waals surface area contributed by atoms with Crippen LogP contribution in [-0.4, -0.2) is 29.1 Å². The van der Waals surface area contributed by atoms with Crippen LogP contribution in [0.5, 0.6) is 0 Å². The molecular weight excluding hydrogens is 228 g/mol. The molecule has 1 aromatic rings. The van der Waals surface area contributed by atoms with Gasteiger partial charge in [0.25, 0.3) is 0 Å². The Kier molecular flexibility index (Phi) is 4.18. The maximum Gasteiger partial charge on any atom is 0.337 e. The average Bonchev–Trinajstić information content (AvgIpc) is 2.27. The molecule has 1 aliphatic rings. The summed E-state index contributed by atoms with van der Waals surface area (Å²) in [7, 11) is 0. The van der Waals surface area contributed by atoms with Crippen molar-refractivity contribution in [3.63, 3.8) is 0 Å². The number of aryl methyl sites for hydroxylation is 1. The fourth-order valence-corrected chi connectivity index (χ4v) is 2.43. The molecule has 0 unspecified atom stereocenters. The second-order valence-electron chi connectivity index (χ2n) is 4.86. The molecule has 98 valence electrons. The molecule has 0 spiro atoms. The van der Waals surface area contributed by atoms with Gasteiger partial charge in [0.1, 0.15) is 5.82 Å². The summed E-state index contributed by atoms with van der Waals surface area (Å²) in [6.07, 6.45) is 6.28. The number of carboxylic acids is 1. The van der Waals surface area contributed by atoms with Crippen LogP contribution in [0.25, 0.3) is 0 Å². The monoisotopic (exact) mass is 248 g/mol. The van der Waals surface area contributed by atoms with Crippen LogP contribution in [0.3, 0.4) is 0 Å². The Labute approximate surface area is 108 Å². The Morgan fingerprint density at radius 1 is 1.17 bits per heavy atom. The number of hydrogen-bond donors (Lipinski definition) is 1. The Bertz CT molecular complexity index is 424. The molecule has 0 saturated carbocycles. The number of nitrogens with zero attached hydrogens (tertiary/aromatic N) is 2. The summed E-state index contributed by atoms with van der Waals surface area (Å²) >= 11 is 0. The summed E-state index contributed by atoms with van der Waals surface area (Å²) < 4.78 is 0. The molecule has 1 saturated heterocycles. The van der Waals surface area contributed by atoms with Gasteiger partial charge in [0.05, 0.1) is 11.3 Å². The highest BCUT2D eigenvalue weighted by molar-refractivity contribution is 5.89. The third kappa shape index (κ3) is 3.00. The number of pyridine rings is 1. The fraction of sp³-hybridized carbons (Fsp3) is 0.571. The van der Waals surface area contributed by atoms with Crippen LogP contribution in [0.15, 0.2) is 12.1 Å². The van der Waals surface area contributed by atoms with Gasteiger partial charge < -0.3 is 10.0 Å². The molecule has 0 radical (unpaired) electrons. The van der Waals surface area contributed by atoms with Crippen LogP contribution < -0.4 is 4.90 Å². The Morgan fingerprint density at radius 3 is 2.33 bits per heavy atom. The second-order valence-corrected chi connectivity index (χ2v) is 4.86. The van der Waals surface area contributed by atoms with Crippen LogP contribution in [0.1, 0.15) is 48.2 Å². The van der Waals surface area contributed by atoms with Crippen molar-refractivity contribution in [2.24, 2.45) is 0 Å². The van der Waals surface area contributed by atoms with Crippen molar-refractivity contribution in [2.75, 3.05) is 18.0 Å². The highest BCUT2D eigenvalue weighted by Crippen LogP contribution is 2.19. The quantitative estimate of drug-likeness (QED) is 0.874. The molecule has 18 heavy (non-hydrogen) atoms. The van der Waals surface area contributed by atoms with E-state index in [0.29, 0.717) is 11.3 Å². The highest BCUT2D eigenvalue weighted by Gasteiger charge is 2.13. The first-order chi connectivity index (χ1) is 8.68. The number of carboxylic acid groups (broad SMARTS) is 1. The zero-order chi connectivity index (χ0) is 13.0. The van der Waals surface area contributed by atoms with Crippen molar-refractivity contribution in [3.05, 3.63) is 23.4 Å². The van der Waals surface area contributed by atoms with E-state index in [1.165, 1.54) is 32.1 Å². The van der Waals surface area contributed by atoms with Gasteiger partial charge in [-0.05, 0) is 31.9 Å². The minimum Gasteiger partial charge on any atom is -0.478 e. The van der Waals surface area contributed by atoms with E-state index in [-0.39, 0.29) is 0 Å². The Morgan fingerprint density at radius 2 is 1.78 bits per heavy atom. The minimum absolute atomic E-state index is 0.297. The third-order valence-corrected chi connectivity index (χ3v) is 3.48. The summed E-state index contributed by atoms with van der Waals surface area (Å²) in [5.41, 5.74) is 0.896. The van der Waals surface area contributed by atoms with E-state index >= 15 is 0 Å². The summed E-state index contributed by atoms with van der Waals surface area (Å²) in [4.78, 5) is 17.7. The number of anilines is 1. The average molecular weight is 248 g/mol. The van der Waals surface area contributed by atoms with Crippen molar-refractivity contribution in [1.29, 1.82) is 0 Å².